The third-order valence-electron chi connectivity index (χ3n) is 3.20. The van der Waals surface area contributed by atoms with Crippen LogP contribution in [0.4, 0.5) is 0 Å². The first kappa shape index (κ1) is 14.2. The van der Waals surface area contributed by atoms with E-state index in [9.17, 15) is 9.90 Å². The van der Waals surface area contributed by atoms with Crippen LogP contribution < -0.4 is 0 Å². The number of carbonyl (C=O) groups is 1. The van der Waals surface area contributed by atoms with Crippen LogP contribution in [0.3, 0.4) is 0 Å². The number of hydrogen-bond donors (Lipinski definition) is 1. The molecule has 5 heteroatoms. The Morgan fingerprint density at radius 1 is 1.24 bits per heavy atom. The van der Waals surface area contributed by atoms with Crippen molar-refractivity contribution in [2.24, 2.45) is 0 Å². The highest BCUT2D eigenvalue weighted by atomic mass is 32.1. The summed E-state index contributed by atoms with van der Waals surface area (Å²) in [5, 5.41) is 13.4. The molecule has 3 rings (SSSR count). The number of aromatic nitrogens is 1. The minimum atomic E-state index is -0.966. The number of thiophene rings is 1. The molecule has 0 unspecified atom stereocenters. The van der Waals surface area contributed by atoms with E-state index in [0.29, 0.717) is 0 Å². The van der Waals surface area contributed by atoms with Crippen LogP contribution in [0.15, 0.2) is 29.6 Å². The Labute approximate surface area is 130 Å². The van der Waals surface area contributed by atoms with Gasteiger partial charge in [-0.05, 0) is 6.07 Å². The molecule has 2 aromatic heterocycles. The molecule has 0 radical (unpaired) electrons. The Bertz CT molecular complexity index is 824. The van der Waals surface area contributed by atoms with E-state index in [1.165, 1.54) is 11.3 Å². The maximum Gasteiger partial charge on any atom is 0.356 e. The molecule has 0 bridgehead atoms. The molecule has 21 heavy (non-hydrogen) atoms. The SMILES string of the molecule is CC(C)(C)c1nc(C(=O)O)c(-c2csc3ccccc23)s1. The molecule has 1 aromatic carbocycles. The summed E-state index contributed by atoms with van der Waals surface area (Å²) in [5.74, 6) is -0.966. The Balaban J connectivity index is 2.26. The van der Waals surface area contributed by atoms with Crippen LogP contribution >= 0.6 is 22.7 Å². The molecule has 0 spiro atoms. The predicted molar refractivity (Wildman–Crippen MR) is 88.6 cm³/mol. The van der Waals surface area contributed by atoms with Crippen molar-refractivity contribution >= 4 is 38.7 Å². The standard InChI is InChI=1S/C16H15NO2S2/c1-16(2,3)15-17-12(14(18)19)13(21-15)10-8-20-11-7-5-4-6-9(10)11/h4-8H,1-3H3,(H,18,19). The quantitative estimate of drug-likeness (QED) is 0.722. The summed E-state index contributed by atoms with van der Waals surface area (Å²) in [5.41, 5.74) is 0.980. The van der Waals surface area contributed by atoms with Crippen LogP contribution in [-0.4, -0.2) is 16.1 Å². The van der Waals surface area contributed by atoms with Crippen molar-refractivity contribution in [1.29, 1.82) is 0 Å². The number of carboxylic acid groups (broad SMARTS) is 1. The van der Waals surface area contributed by atoms with Crippen molar-refractivity contribution in [3.8, 4) is 10.4 Å². The van der Waals surface area contributed by atoms with Crippen LogP contribution in [0, 0.1) is 0 Å². The number of aromatic carboxylic acids is 1. The Morgan fingerprint density at radius 3 is 2.62 bits per heavy atom. The third kappa shape index (κ3) is 2.47. The average Bonchev–Trinajstić information content (AvgIpc) is 3.01. The van der Waals surface area contributed by atoms with Gasteiger partial charge < -0.3 is 5.11 Å². The van der Waals surface area contributed by atoms with E-state index >= 15 is 0 Å². The van der Waals surface area contributed by atoms with Gasteiger partial charge in [0.2, 0.25) is 0 Å². The highest BCUT2D eigenvalue weighted by Crippen LogP contribution is 2.41. The summed E-state index contributed by atoms with van der Waals surface area (Å²) >= 11 is 3.11. The van der Waals surface area contributed by atoms with Gasteiger partial charge in [-0.1, -0.05) is 39.0 Å². The zero-order chi connectivity index (χ0) is 15.2. The summed E-state index contributed by atoms with van der Waals surface area (Å²) < 4.78 is 1.16. The molecule has 1 N–H and O–H groups in total. The molecule has 0 fully saturated rings. The van der Waals surface area contributed by atoms with E-state index in [2.05, 4.69) is 11.1 Å². The lowest BCUT2D eigenvalue weighted by Crippen LogP contribution is -2.11. The van der Waals surface area contributed by atoms with Gasteiger partial charge in [0.15, 0.2) is 5.69 Å². The highest BCUT2D eigenvalue weighted by molar-refractivity contribution is 7.19. The van der Waals surface area contributed by atoms with Crippen molar-refractivity contribution in [2.45, 2.75) is 26.2 Å². The van der Waals surface area contributed by atoms with Crippen LogP contribution in [0.25, 0.3) is 20.5 Å². The van der Waals surface area contributed by atoms with Gasteiger partial charge in [-0.25, -0.2) is 9.78 Å². The number of nitrogens with zero attached hydrogens (tertiary/aromatic N) is 1. The lowest BCUT2D eigenvalue weighted by molar-refractivity contribution is 0.0692. The second-order valence-corrected chi connectivity index (χ2v) is 7.81. The number of thiazole rings is 1. The third-order valence-corrected chi connectivity index (χ3v) is 5.67. The Morgan fingerprint density at radius 2 is 1.95 bits per heavy atom. The van der Waals surface area contributed by atoms with Gasteiger partial charge in [-0.2, -0.15) is 0 Å². The maximum absolute atomic E-state index is 11.5. The lowest BCUT2D eigenvalue weighted by Gasteiger charge is -2.13. The van der Waals surface area contributed by atoms with E-state index < -0.39 is 5.97 Å². The van der Waals surface area contributed by atoms with Gasteiger partial charge in [0.25, 0.3) is 0 Å². The zero-order valence-electron chi connectivity index (χ0n) is 12.0. The summed E-state index contributed by atoms with van der Waals surface area (Å²) in [6.45, 7) is 6.15. The van der Waals surface area contributed by atoms with Crippen molar-refractivity contribution in [3.05, 3.63) is 40.3 Å². The van der Waals surface area contributed by atoms with Crippen molar-refractivity contribution in [1.82, 2.24) is 4.98 Å². The molecule has 3 nitrogen and oxygen atoms in total. The Kier molecular flexibility index (Phi) is 3.34. The van der Waals surface area contributed by atoms with Crippen LogP contribution in [0.2, 0.25) is 0 Å². The second-order valence-electron chi connectivity index (χ2n) is 5.90. The van der Waals surface area contributed by atoms with Crippen LogP contribution in [0.1, 0.15) is 36.3 Å². The normalized spacial score (nSPS) is 12.0. The van der Waals surface area contributed by atoms with Crippen LogP contribution in [-0.2, 0) is 5.41 Å². The number of fused-ring (bicyclic) bond motifs is 1. The first-order valence-corrected chi connectivity index (χ1v) is 8.29. The molecular formula is C16H15NO2S2. The molecule has 0 amide bonds. The van der Waals surface area contributed by atoms with E-state index in [4.69, 9.17) is 0 Å². The van der Waals surface area contributed by atoms with E-state index in [-0.39, 0.29) is 11.1 Å². The fraction of sp³-hybridized carbons (Fsp3) is 0.250. The fourth-order valence-electron chi connectivity index (χ4n) is 2.12. The van der Waals surface area contributed by atoms with Gasteiger partial charge in [0, 0.05) is 26.4 Å². The smallest absolute Gasteiger partial charge is 0.356 e. The minimum absolute atomic E-state index is 0.154. The number of hydrogen-bond acceptors (Lipinski definition) is 4. The number of rotatable bonds is 2. The molecule has 0 aliphatic carbocycles. The van der Waals surface area contributed by atoms with Crippen molar-refractivity contribution < 1.29 is 9.90 Å². The van der Waals surface area contributed by atoms with Gasteiger partial charge in [-0.3, -0.25) is 0 Å². The number of benzene rings is 1. The summed E-state index contributed by atoms with van der Waals surface area (Å²) in [7, 11) is 0. The molecule has 0 aliphatic heterocycles. The molecule has 3 aromatic rings. The van der Waals surface area contributed by atoms with Crippen molar-refractivity contribution in [3.63, 3.8) is 0 Å². The van der Waals surface area contributed by atoms with Crippen LogP contribution in [0.5, 0.6) is 0 Å². The first-order chi connectivity index (χ1) is 9.88. The monoisotopic (exact) mass is 317 g/mol. The fourth-order valence-corrected chi connectivity index (χ4v) is 4.29. The summed E-state index contributed by atoms with van der Waals surface area (Å²) in [6, 6.07) is 8.05. The second kappa shape index (κ2) is 4.93. The molecule has 2 heterocycles. The summed E-state index contributed by atoms with van der Waals surface area (Å²) in [4.78, 5) is 16.7. The molecule has 0 saturated heterocycles. The molecule has 0 atom stereocenters. The molecule has 108 valence electrons. The molecular weight excluding hydrogens is 302 g/mol. The van der Waals surface area contributed by atoms with Gasteiger partial charge >= 0.3 is 5.97 Å². The molecule has 0 aliphatic rings. The minimum Gasteiger partial charge on any atom is -0.476 e. The van der Waals surface area contributed by atoms with Gasteiger partial charge in [0.05, 0.1) is 9.88 Å². The summed E-state index contributed by atoms with van der Waals surface area (Å²) in [6.07, 6.45) is 0. The van der Waals surface area contributed by atoms with E-state index in [1.807, 2.05) is 44.4 Å². The first-order valence-electron chi connectivity index (χ1n) is 6.59. The average molecular weight is 317 g/mol. The largest absolute Gasteiger partial charge is 0.476 e. The van der Waals surface area contributed by atoms with Gasteiger partial charge in [0.1, 0.15) is 0 Å². The maximum atomic E-state index is 11.5. The number of carboxylic acids is 1. The Hall–Kier alpha value is -1.72. The predicted octanol–water partition coefficient (Wildman–Crippen LogP) is 5.02. The van der Waals surface area contributed by atoms with E-state index in [0.717, 1.165) is 25.5 Å². The van der Waals surface area contributed by atoms with E-state index in [1.54, 1.807) is 11.3 Å². The van der Waals surface area contributed by atoms with Gasteiger partial charge in [-0.15, -0.1) is 22.7 Å². The molecule has 0 saturated carbocycles. The topological polar surface area (TPSA) is 50.2 Å². The van der Waals surface area contributed by atoms with Crippen molar-refractivity contribution in [2.75, 3.05) is 0 Å². The lowest BCUT2D eigenvalue weighted by atomic mass is 9.98. The zero-order valence-corrected chi connectivity index (χ0v) is 13.6. The highest BCUT2D eigenvalue weighted by Gasteiger charge is 2.26.